The van der Waals surface area contributed by atoms with Crippen LogP contribution in [0.15, 0.2) is 42.7 Å². The Labute approximate surface area is 131 Å². The number of hydrogen-bond donors (Lipinski definition) is 0. The molecule has 4 heteroatoms. The predicted octanol–water partition coefficient (Wildman–Crippen LogP) is 2.99. The molecule has 0 saturated heterocycles. The maximum Gasteiger partial charge on any atom is 0.254 e. The first kappa shape index (κ1) is 16.2. The van der Waals surface area contributed by atoms with E-state index in [1.165, 1.54) is 0 Å². The lowest BCUT2D eigenvalue weighted by Gasteiger charge is -2.23. The van der Waals surface area contributed by atoms with Crippen molar-refractivity contribution in [3.8, 4) is 0 Å². The Kier molecular flexibility index (Phi) is 5.67. The number of nitrogens with zero attached hydrogens (tertiary/aromatic N) is 2. The van der Waals surface area contributed by atoms with Gasteiger partial charge in [-0.15, -0.1) is 0 Å². The fraction of sp³-hybridized carbons (Fsp3) is 0.333. The topological polar surface area (TPSA) is 42.4 Å². The summed E-state index contributed by atoms with van der Waals surface area (Å²) in [5.74, 6) is 0.0371. The number of aromatic nitrogens is 1. The lowest BCUT2D eigenvalue weighted by atomic mass is 10.0. The van der Waals surface area contributed by atoms with Crippen LogP contribution in [0.1, 0.15) is 27.0 Å². The quantitative estimate of drug-likeness (QED) is 0.823. The molecule has 0 aliphatic heterocycles. The molecule has 0 unspecified atom stereocenters. The van der Waals surface area contributed by atoms with Crippen LogP contribution in [0.3, 0.4) is 0 Å². The first-order valence-electron chi connectivity index (χ1n) is 7.36. The van der Waals surface area contributed by atoms with Crippen molar-refractivity contribution in [2.24, 2.45) is 0 Å². The summed E-state index contributed by atoms with van der Waals surface area (Å²) < 4.78 is 5.14. The third-order valence-electron chi connectivity index (χ3n) is 3.60. The number of rotatable bonds is 6. The highest BCUT2D eigenvalue weighted by Gasteiger charge is 2.18. The second kappa shape index (κ2) is 7.71. The first-order valence-corrected chi connectivity index (χ1v) is 7.36. The van der Waals surface area contributed by atoms with Crippen LogP contribution in [-0.4, -0.2) is 36.1 Å². The van der Waals surface area contributed by atoms with Gasteiger partial charge in [-0.3, -0.25) is 9.78 Å². The summed E-state index contributed by atoms with van der Waals surface area (Å²) in [6.45, 7) is 5.59. The zero-order valence-electron chi connectivity index (χ0n) is 13.4. The lowest BCUT2D eigenvalue weighted by molar-refractivity contribution is 0.0679. The van der Waals surface area contributed by atoms with Crippen LogP contribution in [0, 0.1) is 13.8 Å². The van der Waals surface area contributed by atoms with Crippen molar-refractivity contribution in [3.63, 3.8) is 0 Å². The number of amides is 1. The Hall–Kier alpha value is -2.20. The second-order valence-corrected chi connectivity index (χ2v) is 5.39. The largest absolute Gasteiger partial charge is 0.383 e. The molecular formula is C18H22N2O2. The van der Waals surface area contributed by atoms with E-state index in [1.807, 2.05) is 49.1 Å². The molecule has 0 radical (unpaired) electrons. The maximum absolute atomic E-state index is 12.9. The van der Waals surface area contributed by atoms with Gasteiger partial charge < -0.3 is 9.64 Å². The Morgan fingerprint density at radius 3 is 2.59 bits per heavy atom. The summed E-state index contributed by atoms with van der Waals surface area (Å²) >= 11 is 0. The summed E-state index contributed by atoms with van der Waals surface area (Å²) in [6.07, 6.45) is 3.48. The zero-order valence-corrected chi connectivity index (χ0v) is 13.4. The number of aryl methyl sites for hydroxylation is 2. The molecule has 0 saturated carbocycles. The first-order chi connectivity index (χ1) is 10.6. The van der Waals surface area contributed by atoms with E-state index in [2.05, 4.69) is 4.98 Å². The van der Waals surface area contributed by atoms with Gasteiger partial charge in [-0.1, -0.05) is 17.7 Å². The van der Waals surface area contributed by atoms with Crippen LogP contribution in [-0.2, 0) is 11.3 Å². The third kappa shape index (κ3) is 4.15. The van der Waals surface area contributed by atoms with E-state index in [0.29, 0.717) is 19.7 Å². The highest BCUT2D eigenvalue weighted by atomic mass is 16.5. The van der Waals surface area contributed by atoms with Gasteiger partial charge in [0.05, 0.1) is 6.61 Å². The molecule has 0 N–H and O–H groups in total. The molecule has 1 aromatic heterocycles. The lowest BCUT2D eigenvalue weighted by Crippen LogP contribution is -2.34. The number of ether oxygens (including phenoxy) is 1. The molecule has 0 aliphatic carbocycles. The summed E-state index contributed by atoms with van der Waals surface area (Å²) in [4.78, 5) is 18.7. The van der Waals surface area contributed by atoms with Gasteiger partial charge in [0.1, 0.15) is 0 Å². The maximum atomic E-state index is 12.9. The van der Waals surface area contributed by atoms with E-state index in [9.17, 15) is 4.79 Å². The van der Waals surface area contributed by atoms with Crippen molar-refractivity contribution in [2.75, 3.05) is 20.3 Å². The normalized spacial score (nSPS) is 10.5. The van der Waals surface area contributed by atoms with Gasteiger partial charge in [0.15, 0.2) is 0 Å². The smallest absolute Gasteiger partial charge is 0.254 e. The fourth-order valence-corrected chi connectivity index (χ4v) is 2.30. The van der Waals surface area contributed by atoms with Gasteiger partial charge in [0.25, 0.3) is 5.91 Å². The van der Waals surface area contributed by atoms with Crippen LogP contribution in [0.4, 0.5) is 0 Å². The SMILES string of the molecule is COCCN(Cc1ccncc1)C(=O)c1cc(C)ccc1C. The molecule has 116 valence electrons. The standard InChI is InChI=1S/C18H22N2O2/c1-14-4-5-15(2)17(12-14)18(21)20(10-11-22-3)13-16-6-8-19-9-7-16/h4-9,12H,10-11,13H2,1-3H3. The summed E-state index contributed by atoms with van der Waals surface area (Å²) in [5, 5.41) is 0. The van der Waals surface area contributed by atoms with Crippen molar-refractivity contribution in [2.45, 2.75) is 20.4 Å². The molecule has 4 nitrogen and oxygen atoms in total. The monoisotopic (exact) mass is 298 g/mol. The van der Waals surface area contributed by atoms with E-state index < -0.39 is 0 Å². The molecule has 22 heavy (non-hydrogen) atoms. The number of carbonyl (C=O) groups excluding carboxylic acids is 1. The minimum atomic E-state index is 0.0371. The van der Waals surface area contributed by atoms with Gasteiger partial charge >= 0.3 is 0 Å². The van der Waals surface area contributed by atoms with Crippen LogP contribution in [0.5, 0.6) is 0 Å². The number of benzene rings is 1. The number of carbonyl (C=O) groups is 1. The number of hydrogen-bond acceptors (Lipinski definition) is 3. The average molecular weight is 298 g/mol. The van der Waals surface area contributed by atoms with E-state index >= 15 is 0 Å². The minimum absolute atomic E-state index is 0.0371. The zero-order chi connectivity index (χ0) is 15.9. The van der Waals surface area contributed by atoms with Crippen LogP contribution >= 0.6 is 0 Å². The summed E-state index contributed by atoms with van der Waals surface area (Å²) in [5.41, 5.74) is 3.90. The van der Waals surface area contributed by atoms with Crippen molar-refractivity contribution in [1.29, 1.82) is 0 Å². The molecule has 2 rings (SSSR count). The molecule has 1 aromatic carbocycles. The van der Waals surface area contributed by atoms with Crippen molar-refractivity contribution >= 4 is 5.91 Å². The number of pyridine rings is 1. The fourth-order valence-electron chi connectivity index (χ4n) is 2.30. The molecule has 0 fully saturated rings. The summed E-state index contributed by atoms with van der Waals surface area (Å²) in [7, 11) is 1.65. The van der Waals surface area contributed by atoms with E-state index in [0.717, 1.165) is 22.3 Å². The van der Waals surface area contributed by atoms with Gasteiger partial charge in [-0.2, -0.15) is 0 Å². The predicted molar refractivity (Wildman–Crippen MR) is 86.8 cm³/mol. The highest BCUT2D eigenvalue weighted by Crippen LogP contribution is 2.15. The van der Waals surface area contributed by atoms with E-state index in [4.69, 9.17) is 4.74 Å². The Morgan fingerprint density at radius 1 is 1.18 bits per heavy atom. The summed E-state index contributed by atoms with van der Waals surface area (Å²) in [6, 6.07) is 9.81. The van der Waals surface area contributed by atoms with Crippen LogP contribution in [0.25, 0.3) is 0 Å². The van der Waals surface area contributed by atoms with Crippen molar-refractivity contribution in [3.05, 3.63) is 65.0 Å². The molecule has 0 bridgehead atoms. The number of methoxy groups -OCH3 is 1. The van der Waals surface area contributed by atoms with E-state index in [1.54, 1.807) is 19.5 Å². The minimum Gasteiger partial charge on any atom is -0.383 e. The molecule has 0 spiro atoms. The molecular weight excluding hydrogens is 276 g/mol. The van der Waals surface area contributed by atoms with E-state index in [-0.39, 0.29) is 5.91 Å². The highest BCUT2D eigenvalue weighted by molar-refractivity contribution is 5.95. The van der Waals surface area contributed by atoms with Crippen molar-refractivity contribution in [1.82, 2.24) is 9.88 Å². The van der Waals surface area contributed by atoms with Crippen LogP contribution in [0.2, 0.25) is 0 Å². The van der Waals surface area contributed by atoms with Crippen LogP contribution < -0.4 is 0 Å². The van der Waals surface area contributed by atoms with Gasteiger partial charge in [-0.05, 0) is 43.2 Å². The molecule has 1 amide bonds. The van der Waals surface area contributed by atoms with Crippen molar-refractivity contribution < 1.29 is 9.53 Å². The van der Waals surface area contributed by atoms with Gasteiger partial charge in [-0.25, -0.2) is 0 Å². The molecule has 0 aliphatic rings. The van der Waals surface area contributed by atoms with Gasteiger partial charge in [0, 0.05) is 38.2 Å². The Morgan fingerprint density at radius 2 is 1.91 bits per heavy atom. The Bertz CT molecular complexity index is 626. The molecule has 1 heterocycles. The third-order valence-corrected chi connectivity index (χ3v) is 3.60. The molecule has 0 atom stereocenters. The molecule has 2 aromatic rings. The van der Waals surface area contributed by atoms with Gasteiger partial charge in [0.2, 0.25) is 0 Å². The Balaban J connectivity index is 2.24. The second-order valence-electron chi connectivity index (χ2n) is 5.39. The average Bonchev–Trinajstić information content (AvgIpc) is 2.54.